The van der Waals surface area contributed by atoms with Gasteiger partial charge in [0.25, 0.3) is 6.36 Å². The molecule has 0 aliphatic heterocycles. The number of hydrogen-bond donors (Lipinski definition) is 1. The fourth-order valence-electron chi connectivity index (χ4n) is 3.09. The van der Waals surface area contributed by atoms with Gasteiger partial charge in [-0.25, -0.2) is 23.1 Å². The second kappa shape index (κ2) is 9.63. The van der Waals surface area contributed by atoms with E-state index >= 15 is 0 Å². The van der Waals surface area contributed by atoms with Crippen LogP contribution < -0.4 is 14.8 Å². The minimum absolute atomic E-state index is 0.177. The first-order chi connectivity index (χ1) is 15.9. The molecule has 0 saturated heterocycles. The summed E-state index contributed by atoms with van der Waals surface area (Å²) in [6.45, 7) is 0.177. The molecule has 33 heavy (non-hydrogen) atoms. The Morgan fingerprint density at radius 2 is 1.73 bits per heavy atom. The van der Waals surface area contributed by atoms with E-state index in [2.05, 4.69) is 30.2 Å². The molecule has 0 amide bonds. The molecule has 1 N–H and O–H groups in total. The molecule has 1 atom stereocenters. The van der Waals surface area contributed by atoms with Crippen LogP contribution in [-0.2, 0) is 6.54 Å². The van der Waals surface area contributed by atoms with Crippen LogP contribution in [0.3, 0.4) is 0 Å². The fourth-order valence-corrected chi connectivity index (χ4v) is 3.09. The van der Waals surface area contributed by atoms with Crippen LogP contribution in [0.4, 0.5) is 23.4 Å². The van der Waals surface area contributed by atoms with Crippen molar-refractivity contribution in [2.45, 2.75) is 19.3 Å². The van der Waals surface area contributed by atoms with Crippen LogP contribution in [0.25, 0.3) is 22.0 Å². The minimum atomic E-state index is -3.28. The number of benzene rings is 2. The van der Waals surface area contributed by atoms with Crippen molar-refractivity contribution in [1.82, 2.24) is 20.2 Å². The Hall–Kier alpha value is -4.02. The zero-order valence-corrected chi connectivity index (χ0v) is 17.2. The highest BCUT2D eigenvalue weighted by molar-refractivity contribution is 5.96. The predicted molar refractivity (Wildman–Crippen MR) is 112 cm³/mol. The number of rotatable bonds is 8. The lowest BCUT2D eigenvalue weighted by Crippen LogP contribution is -2.20. The first-order valence-electron chi connectivity index (χ1n) is 9.68. The maximum Gasteiger partial charge on any atom is 0.304 e. The molecule has 0 fully saturated rings. The van der Waals surface area contributed by atoms with Crippen molar-refractivity contribution in [3.05, 3.63) is 66.4 Å². The van der Waals surface area contributed by atoms with E-state index in [0.717, 1.165) is 11.1 Å². The monoisotopic (exact) mass is 459 g/mol. The standard InChI is InChI=1S/C22H17F4N5O2/c1-32-17-9-13(12-2-4-14(23)5-3-12)8-16-19(17)28-11-29-22(16)27-10-15-6-7-18(31-30-15)33-21(26)20(24)25/h2-9,11,20-21H,10H2,1H3,(H,27,28,29). The topological polar surface area (TPSA) is 82.0 Å². The van der Waals surface area contributed by atoms with Gasteiger partial charge >= 0.3 is 6.43 Å². The number of aromatic nitrogens is 4. The highest BCUT2D eigenvalue weighted by Crippen LogP contribution is 2.34. The molecule has 4 rings (SSSR count). The lowest BCUT2D eigenvalue weighted by Gasteiger charge is -2.13. The van der Waals surface area contributed by atoms with Crippen molar-refractivity contribution < 1.29 is 27.0 Å². The Kier molecular flexibility index (Phi) is 6.48. The summed E-state index contributed by atoms with van der Waals surface area (Å²) in [5, 5.41) is 11.2. The quantitative estimate of drug-likeness (QED) is 0.380. The second-order valence-corrected chi connectivity index (χ2v) is 6.82. The van der Waals surface area contributed by atoms with Gasteiger partial charge in [-0.3, -0.25) is 0 Å². The molecule has 170 valence electrons. The van der Waals surface area contributed by atoms with Gasteiger partial charge in [-0.2, -0.15) is 9.49 Å². The van der Waals surface area contributed by atoms with Gasteiger partial charge in [-0.05, 0) is 41.5 Å². The van der Waals surface area contributed by atoms with Crippen molar-refractivity contribution in [1.29, 1.82) is 0 Å². The third-order valence-electron chi connectivity index (χ3n) is 4.66. The van der Waals surface area contributed by atoms with E-state index in [1.165, 1.54) is 37.7 Å². The summed E-state index contributed by atoms with van der Waals surface area (Å²) in [6, 6.07) is 12.4. The van der Waals surface area contributed by atoms with E-state index in [1.54, 1.807) is 18.2 Å². The molecule has 2 heterocycles. The van der Waals surface area contributed by atoms with Crippen LogP contribution in [0, 0.1) is 5.82 Å². The molecule has 1 unspecified atom stereocenters. The lowest BCUT2D eigenvalue weighted by molar-refractivity contribution is -0.0694. The smallest absolute Gasteiger partial charge is 0.304 e. The van der Waals surface area contributed by atoms with Crippen LogP contribution in [0.1, 0.15) is 5.69 Å². The normalized spacial score (nSPS) is 12.1. The number of alkyl halides is 3. The highest BCUT2D eigenvalue weighted by Gasteiger charge is 2.21. The van der Waals surface area contributed by atoms with Crippen molar-refractivity contribution >= 4 is 16.7 Å². The number of ether oxygens (including phenoxy) is 2. The zero-order chi connectivity index (χ0) is 23.4. The molecule has 0 aliphatic carbocycles. The zero-order valence-electron chi connectivity index (χ0n) is 17.2. The number of hydrogen-bond acceptors (Lipinski definition) is 7. The van der Waals surface area contributed by atoms with Gasteiger partial charge in [0.15, 0.2) is 0 Å². The number of anilines is 1. The van der Waals surface area contributed by atoms with Crippen LogP contribution in [0.2, 0.25) is 0 Å². The van der Waals surface area contributed by atoms with Crippen LogP contribution in [-0.4, -0.2) is 40.1 Å². The van der Waals surface area contributed by atoms with E-state index in [4.69, 9.17) is 4.74 Å². The first-order valence-corrected chi connectivity index (χ1v) is 9.68. The summed E-state index contributed by atoms with van der Waals surface area (Å²) >= 11 is 0. The van der Waals surface area contributed by atoms with Gasteiger partial charge in [-0.15, -0.1) is 5.10 Å². The predicted octanol–water partition coefficient (Wildman–Crippen LogP) is 4.79. The number of nitrogens with one attached hydrogen (secondary N) is 1. The number of fused-ring (bicyclic) bond motifs is 1. The van der Waals surface area contributed by atoms with Gasteiger partial charge in [0, 0.05) is 11.5 Å². The maximum atomic E-state index is 13.3. The van der Waals surface area contributed by atoms with Gasteiger partial charge in [0.05, 0.1) is 19.3 Å². The third kappa shape index (κ3) is 5.08. The summed E-state index contributed by atoms with van der Waals surface area (Å²) in [4.78, 5) is 8.57. The molecule has 7 nitrogen and oxygen atoms in total. The van der Waals surface area contributed by atoms with Crippen LogP contribution >= 0.6 is 0 Å². The average molecular weight is 459 g/mol. The molecule has 0 aliphatic rings. The average Bonchev–Trinajstić information content (AvgIpc) is 2.83. The molecule has 0 spiro atoms. The molecule has 0 radical (unpaired) electrons. The SMILES string of the molecule is COc1cc(-c2ccc(F)cc2)cc2c(NCc3ccc(OC(F)C(F)F)nn3)ncnc12. The van der Waals surface area contributed by atoms with E-state index in [0.29, 0.717) is 28.2 Å². The molecule has 4 aromatic rings. The minimum Gasteiger partial charge on any atom is -0.494 e. The third-order valence-corrected chi connectivity index (χ3v) is 4.66. The lowest BCUT2D eigenvalue weighted by atomic mass is 10.0. The summed E-state index contributed by atoms with van der Waals surface area (Å²) in [5.41, 5.74) is 2.56. The molecule has 11 heteroatoms. The van der Waals surface area contributed by atoms with E-state index < -0.39 is 12.8 Å². The largest absolute Gasteiger partial charge is 0.494 e. The fraction of sp³-hybridized carbons (Fsp3) is 0.182. The maximum absolute atomic E-state index is 13.3. The van der Waals surface area contributed by atoms with E-state index in [1.807, 2.05) is 6.07 Å². The summed E-state index contributed by atoms with van der Waals surface area (Å²) in [5.74, 6) is 0.294. The Labute approximate surface area is 185 Å². The summed E-state index contributed by atoms with van der Waals surface area (Å²) in [6.07, 6.45) is -4.68. The molecular formula is C22H17F4N5O2. The Bertz CT molecular complexity index is 1240. The Morgan fingerprint density at radius 1 is 0.939 bits per heavy atom. The molecule has 2 aromatic carbocycles. The van der Waals surface area contributed by atoms with E-state index in [9.17, 15) is 17.6 Å². The van der Waals surface area contributed by atoms with Crippen molar-refractivity contribution in [3.63, 3.8) is 0 Å². The Morgan fingerprint density at radius 3 is 2.39 bits per heavy atom. The molecule has 0 saturated carbocycles. The highest BCUT2D eigenvalue weighted by atomic mass is 19.3. The van der Waals surface area contributed by atoms with E-state index in [-0.39, 0.29) is 18.2 Å². The van der Waals surface area contributed by atoms with Gasteiger partial charge in [-0.1, -0.05) is 12.1 Å². The number of methoxy groups -OCH3 is 1. The van der Waals surface area contributed by atoms with Gasteiger partial charge in [0.2, 0.25) is 5.88 Å². The van der Waals surface area contributed by atoms with Gasteiger partial charge in [0.1, 0.15) is 29.2 Å². The second-order valence-electron chi connectivity index (χ2n) is 6.82. The molecular weight excluding hydrogens is 442 g/mol. The molecule has 2 aromatic heterocycles. The Balaban J connectivity index is 1.59. The van der Waals surface area contributed by atoms with Crippen molar-refractivity contribution in [2.75, 3.05) is 12.4 Å². The summed E-state index contributed by atoms with van der Waals surface area (Å²) < 4.78 is 60.6. The van der Waals surface area contributed by atoms with Crippen molar-refractivity contribution in [3.8, 4) is 22.8 Å². The summed E-state index contributed by atoms with van der Waals surface area (Å²) in [7, 11) is 1.52. The molecule has 0 bridgehead atoms. The van der Waals surface area contributed by atoms with Crippen LogP contribution in [0.15, 0.2) is 54.9 Å². The number of nitrogens with zero attached hydrogens (tertiary/aromatic N) is 4. The first kappa shape index (κ1) is 22.2. The van der Waals surface area contributed by atoms with Crippen molar-refractivity contribution in [2.24, 2.45) is 0 Å². The van der Waals surface area contributed by atoms with Crippen LogP contribution in [0.5, 0.6) is 11.6 Å². The van der Waals surface area contributed by atoms with Gasteiger partial charge < -0.3 is 14.8 Å². The number of halogens is 4.